The SMILES string of the molecule is C1=CCC(N=P(c2ccccc2)(c2ccccc2)c2ccccc2)=C1.C=CC=CC(C)(C)C.[Ti]. The van der Waals surface area contributed by atoms with E-state index in [-0.39, 0.29) is 21.7 Å². The van der Waals surface area contributed by atoms with Crippen molar-refractivity contribution in [3.05, 3.63) is 140 Å². The topological polar surface area (TPSA) is 12.4 Å². The number of hydrogen-bond acceptors (Lipinski definition) is 1. The summed E-state index contributed by atoms with van der Waals surface area (Å²) < 4.78 is 5.43. The van der Waals surface area contributed by atoms with Crippen LogP contribution in [0.1, 0.15) is 27.2 Å². The standard InChI is InChI=1S/C23H20NP.C8H14.Ti/c1-4-14-21(15-5-1)25(22-16-6-2-7-17-22,23-18-8-3-9-19-23)24-20-12-10-11-13-20;1-5-6-7-8(2,3)4;/h1-12,14-19H,13H2;5-7H,1H2,2-4H3;. The number of benzene rings is 3. The van der Waals surface area contributed by atoms with Crippen LogP contribution in [0.3, 0.4) is 0 Å². The maximum Gasteiger partial charge on any atom is 0.0608 e. The summed E-state index contributed by atoms with van der Waals surface area (Å²) in [7, 11) is -2.09. The summed E-state index contributed by atoms with van der Waals surface area (Å²) in [6, 6.07) is 32.3. The van der Waals surface area contributed by atoms with Crippen molar-refractivity contribution in [3.63, 3.8) is 0 Å². The molecule has 1 aliphatic rings. The zero-order valence-corrected chi connectivity index (χ0v) is 22.9. The van der Waals surface area contributed by atoms with Crippen LogP contribution < -0.4 is 15.9 Å². The van der Waals surface area contributed by atoms with Gasteiger partial charge in [0.1, 0.15) is 0 Å². The van der Waals surface area contributed by atoms with Crippen molar-refractivity contribution in [1.29, 1.82) is 0 Å². The van der Waals surface area contributed by atoms with Gasteiger partial charge in [0.25, 0.3) is 0 Å². The molecule has 0 saturated heterocycles. The van der Waals surface area contributed by atoms with E-state index >= 15 is 0 Å². The molecule has 0 saturated carbocycles. The van der Waals surface area contributed by atoms with Gasteiger partial charge in [0.05, 0.1) is 7.05 Å². The van der Waals surface area contributed by atoms with Gasteiger partial charge in [0, 0.05) is 49.7 Å². The van der Waals surface area contributed by atoms with Crippen LogP contribution >= 0.6 is 7.05 Å². The fourth-order valence-corrected chi connectivity index (χ4v) is 7.20. The van der Waals surface area contributed by atoms with E-state index in [1.807, 2.05) is 6.08 Å². The van der Waals surface area contributed by atoms with E-state index in [0.29, 0.717) is 5.41 Å². The smallest absolute Gasteiger partial charge is 0.0608 e. The molecular formula is C31H34NPTi. The van der Waals surface area contributed by atoms with Crippen molar-refractivity contribution in [3.8, 4) is 0 Å². The molecule has 0 spiro atoms. The van der Waals surface area contributed by atoms with Gasteiger partial charge < -0.3 is 0 Å². The van der Waals surface area contributed by atoms with Gasteiger partial charge in [0.2, 0.25) is 0 Å². The molecule has 3 aromatic rings. The molecule has 4 rings (SSSR count). The summed E-state index contributed by atoms with van der Waals surface area (Å²) in [6.45, 7) is 10.1. The van der Waals surface area contributed by atoms with E-state index in [1.165, 1.54) is 15.9 Å². The van der Waals surface area contributed by atoms with Crippen LogP contribution in [-0.4, -0.2) is 0 Å². The fourth-order valence-electron chi connectivity index (χ4n) is 3.61. The molecule has 0 radical (unpaired) electrons. The minimum atomic E-state index is -2.09. The predicted octanol–water partition coefficient (Wildman–Crippen LogP) is 7.78. The maximum atomic E-state index is 5.43. The Morgan fingerprint density at radius 2 is 1.21 bits per heavy atom. The van der Waals surface area contributed by atoms with Gasteiger partial charge in [-0.3, -0.25) is 4.74 Å². The van der Waals surface area contributed by atoms with Crippen LogP contribution in [0.2, 0.25) is 0 Å². The molecule has 0 bridgehead atoms. The molecule has 0 aromatic heterocycles. The zero-order valence-electron chi connectivity index (χ0n) is 20.4. The first-order chi connectivity index (χ1) is 16.0. The van der Waals surface area contributed by atoms with Gasteiger partial charge in [-0.05, 0) is 11.5 Å². The first-order valence-electron chi connectivity index (χ1n) is 11.4. The third kappa shape index (κ3) is 7.54. The van der Waals surface area contributed by atoms with Crippen molar-refractivity contribution >= 4 is 23.0 Å². The average molecular weight is 499 g/mol. The number of allylic oxidation sites excluding steroid dienone is 6. The largest absolute Gasteiger partial charge is 0.258 e. The van der Waals surface area contributed by atoms with E-state index < -0.39 is 7.05 Å². The van der Waals surface area contributed by atoms with Crippen LogP contribution in [-0.2, 0) is 21.7 Å². The normalized spacial score (nSPS) is 12.9. The second kappa shape index (κ2) is 13.5. The van der Waals surface area contributed by atoms with E-state index in [1.54, 1.807) is 6.08 Å². The molecule has 0 aliphatic heterocycles. The van der Waals surface area contributed by atoms with Crippen LogP contribution in [0.15, 0.2) is 144 Å². The Morgan fingerprint density at radius 1 is 0.765 bits per heavy atom. The Hall–Kier alpha value is -2.44. The van der Waals surface area contributed by atoms with Crippen LogP contribution in [0, 0.1) is 5.41 Å². The molecule has 0 fully saturated rings. The maximum absolute atomic E-state index is 5.43. The van der Waals surface area contributed by atoms with Gasteiger partial charge in [-0.2, -0.15) is 0 Å². The van der Waals surface area contributed by atoms with E-state index in [2.05, 4.69) is 143 Å². The van der Waals surface area contributed by atoms with E-state index in [4.69, 9.17) is 4.74 Å². The number of rotatable bonds is 5. The first kappa shape index (κ1) is 27.8. The van der Waals surface area contributed by atoms with Gasteiger partial charge in [0.15, 0.2) is 0 Å². The quantitative estimate of drug-likeness (QED) is 0.193. The third-order valence-corrected chi connectivity index (χ3v) is 8.85. The molecule has 34 heavy (non-hydrogen) atoms. The zero-order chi connectivity index (χ0) is 23.6. The Bertz CT molecular complexity index is 1060. The van der Waals surface area contributed by atoms with Gasteiger partial charge in [-0.25, -0.2) is 0 Å². The predicted molar refractivity (Wildman–Crippen MR) is 148 cm³/mol. The molecule has 172 valence electrons. The molecule has 3 aromatic carbocycles. The molecule has 1 nitrogen and oxygen atoms in total. The third-order valence-electron chi connectivity index (χ3n) is 5.15. The molecule has 1 aliphatic carbocycles. The van der Waals surface area contributed by atoms with Crippen LogP contribution in [0.5, 0.6) is 0 Å². The summed E-state index contributed by atoms with van der Waals surface area (Å²) in [6.07, 6.45) is 13.2. The van der Waals surface area contributed by atoms with Crippen LogP contribution in [0.4, 0.5) is 0 Å². The molecule has 0 N–H and O–H groups in total. The number of nitrogens with zero attached hydrogens (tertiary/aromatic N) is 1. The van der Waals surface area contributed by atoms with Gasteiger partial charge in [-0.1, -0.05) is 149 Å². The van der Waals surface area contributed by atoms with E-state index in [0.717, 1.165) is 12.1 Å². The van der Waals surface area contributed by atoms with Crippen molar-refractivity contribution in [2.45, 2.75) is 27.2 Å². The van der Waals surface area contributed by atoms with Crippen molar-refractivity contribution in [2.24, 2.45) is 10.2 Å². The van der Waals surface area contributed by atoms with Crippen molar-refractivity contribution in [1.82, 2.24) is 0 Å². The fraction of sp³-hybridized carbons (Fsp3) is 0.161. The molecule has 0 amide bonds. The monoisotopic (exact) mass is 499 g/mol. The van der Waals surface area contributed by atoms with Gasteiger partial charge >= 0.3 is 0 Å². The van der Waals surface area contributed by atoms with Crippen molar-refractivity contribution < 1.29 is 21.7 Å². The minimum Gasteiger partial charge on any atom is -0.258 e. The molecular weight excluding hydrogens is 465 g/mol. The molecule has 0 unspecified atom stereocenters. The molecule has 0 heterocycles. The molecule has 3 heteroatoms. The second-order valence-electron chi connectivity index (χ2n) is 8.99. The van der Waals surface area contributed by atoms with Gasteiger partial charge in [-0.15, -0.1) is 0 Å². The summed E-state index contributed by atoms with van der Waals surface area (Å²) >= 11 is 0. The summed E-state index contributed by atoms with van der Waals surface area (Å²) in [5, 5.41) is 3.88. The number of hydrogen-bond donors (Lipinski definition) is 0. The second-order valence-corrected chi connectivity index (χ2v) is 12.0. The Balaban J connectivity index is 0.000000394. The van der Waals surface area contributed by atoms with E-state index in [9.17, 15) is 0 Å². The summed E-state index contributed by atoms with van der Waals surface area (Å²) in [5.41, 5.74) is 1.46. The summed E-state index contributed by atoms with van der Waals surface area (Å²) in [4.78, 5) is 0. The Labute approximate surface area is 221 Å². The van der Waals surface area contributed by atoms with Crippen LogP contribution in [0.25, 0.3) is 0 Å². The molecule has 0 atom stereocenters. The first-order valence-corrected chi connectivity index (χ1v) is 13.1. The van der Waals surface area contributed by atoms with Crippen molar-refractivity contribution in [2.75, 3.05) is 0 Å². The Morgan fingerprint density at radius 3 is 1.50 bits per heavy atom. The summed E-state index contributed by atoms with van der Waals surface area (Å²) in [5.74, 6) is 0. The minimum absolute atomic E-state index is 0. The average Bonchev–Trinajstić information content (AvgIpc) is 3.36. The Kier molecular flexibility index (Phi) is 11.0.